The van der Waals surface area contributed by atoms with Crippen molar-refractivity contribution in [2.75, 3.05) is 0 Å². The topological polar surface area (TPSA) is 47.9 Å². The molecule has 5 rings (SSSR count). The molecule has 0 amide bonds. The number of aliphatic hydroxyl groups is 1. The van der Waals surface area contributed by atoms with E-state index in [4.69, 9.17) is 25.5 Å². The van der Waals surface area contributed by atoms with E-state index in [2.05, 4.69) is 81.4 Å². The van der Waals surface area contributed by atoms with E-state index in [9.17, 15) is 5.11 Å². The highest BCUT2D eigenvalue weighted by Crippen LogP contribution is 2.49. The van der Waals surface area contributed by atoms with Crippen molar-refractivity contribution in [3.05, 3.63) is 95.5 Å². The van der Waals surface area contributed by atoms with Crippen molar-refractivity contribution >= 4 is 30.3 Å². The second kappa shape index (κ2) is 9.95. The molecule has 2 unspecified atom stereocenters. The molecule has 2 aliphatic rings. The molecule has 3 aromatic rings. The van der Waals surface area contributed by atoms with Crippen molar-refractivity contribution in [3.8, 4) is 0 Å². The molecule has 1 aliphatic heterocycles. The first-order valence-electron chi connectivity index (χ1n) is 13.1. The monoisotopic (exact) mass is 536 g/mol. The SMILES string of the molecule is CC1(C)O[C@@H]2[C@@H](C(O)c3ccc(Cl)cc3)CC(O[Si](c3ccccc3)(c3ccccc3)C(C)(C)C)[C@@H]2O1. The van der Waals surface area contributed by atoms with E-state index in [1.165, 1.54) is 10.4 Å². The van der Waals surface area contributed by atoms with Crippen LogP contribution in [0.2, 0.25) is 10.1 Å². The Morgan fingerprint density at radius 3 is 1.89 bits per heavy atom. The lowest BCUT2D eigenvalue weighted by molar-refractivity contribution is -0.169. The molecule has 1 N–H and O–H groups in total. The molecule has 0 aromatic heterocycles. The zero-order valence-corrected chi connectivity index (χ0v) is 24.0. The Balaban J connectivity index is 1.57. The fraction of sp³-hybridized carbons (Fsp3) is 0.419. The Bertz CT molecular complexity index is 1150. The van der Waals surface area contributed by atoms with Crippen molar-refractivity contribution in [2.24, 2.45) is 5.92 Å². The smallest absolute Gasteiger partial charge is 0.261 e. The minimum atomic E-state index is -2.81. The summed E-state index contributed by atoms with van der Waals surface area (Å²) in [5, 5.41) is 14.5. The molecule has 6 heteroatoms. The van der Waals surface area contributed by atoms with Crippen molar-refractivity contribution < 1.29 is 19.0 Å². The molecule has 4 nitrogen and oxygen atoms in total. The quantitative estimate of drug-likeness (QED) is 0.401. The van der Waals surface area contributed by atoms with E-state index in [-0.39, 0.29) is 29.3 Å². The van der Waals surface area contributed by atoms with Gasteiger partial charge >= 0.3 is 0 Å². The molecule has 196 valence electrons. The van der Waals surface area contributed by atoms with Crippen LogP contribution in [0.4, 0.5) is 0 Å². The fourth-order valence-electron chi connectivity index (χ4n) is 6.22. The molecule has 1 heterocycles. The normalized spacial score (nSPS) is 26.1. The van der Waals surface area contributed by atoms with Crippen molar-refractivity contribution in [1.82, 2.24) is 0 Å². The summed E-state index contributed by atoms with van der Waals surface area (Å²) in [4.78, 5) is 0. The number of hydrogen-bond donors (Lipinski definition) is 1. The van der Waals surface area contributed by atoms with Crippen LogP contribution in [0.1, 0.15) is 52.7 Å². The zero-order valence-electron chi connectivity index (χ0n) is 22.2. The van der Waals surface area contributed by atoms with Gasteiger partial charge in [0, 0.05) is 10.9 Å². The molecule has 1 saturated heterocycles. The van der Waals surface area contributed by atoms with E-state index in [1.54, 1.807) is 0 Å². The van der Waals surface area contributed by atoms with Gasteiger partial charge in [0.05, 0.1) is 18.3 Å². The van der Waals surface area contributed by atoms with Gasteiger partial charge in [-0.25, -0.2) is 0 Å². The number of rotatable bonds is 6. The van der Waals surface area contributed by atoms with Crippen LogP contribution in [0, 0.1) is 5.92 Å². The third-order valence-electron chi connectivity index (χ3n) is 7.82. The van der Waals surface area contributed by atoms with Gasteiger partial charge < -0.3 is 19.0 Å². The highest BCUT2D eigenvalue weighted by Gasteiger charge is 2.60. The van der Waals surface area contributed by atoms with Crippen molar-refractivity contribution in [3.63, 3.8) is 0 Å². The standard InChI is InChI=1S/C31H37ClO4Si/c1-30(2,3)37(23-12-8-6-9-13-23,24-14-10-7-11-15-24)36-26-20-25(28-29(26)35-31(4,5)34-28)27(33)21-16-18-22(32)19-17-21/h6-19,25-29,33H,20H2,1-5H3/t25-,26?,27?,28-,29+/m1/s1. The Morgan fingerprint density at radius 1 is 0.865 bits per heavy atom. The zero-order chi connectivity index (χ0) is 26.4. The number of benzene rings is 3. The van der Waals surface area contributed by atoms with Crippen LogP contribution in [0.25, 0.3) is 0 Å². The fourth-order valence-corrected chi connectivity index (χ4v) is 11.0. The van der Waals surface area contributed by atoms with E-state index < -0.39 is 20.2 Å². The van der Waals surface area contributed by atoms with Crippen molar-refractivity contribution in [1.29, 1.82) is 0 Å². The van der Waals surface area contributed by atoms with Gasteiger partial charge in [0.1, 0.15) is 6.10 Å². The lowest BCUT2D eigenvalue weighted by Crippen LogP contribution is -2.68. The first-order chi connectivity index (χ1) is 17.5. The molecule has 0 spiro atoms. The molecule has 2 fully saturated rings. The summed E-state index contributed by atoms with van der Waals surface area (Å²) in [5.41, 5.74) is 0.826. The average Bonchev–Trinajstić information content (AvgIpc) is 3.35. The van der Waals surface area contributed by atoms with E-state index in [1.807, 2.05) is 38.1 Å². The van der Waals surface area contributed by atoms with E-state index >= 15 is 0 Å². The molecular weight excluding hydrogens is 500 g/mol. The van der Waals surface area contributed by atoms with Crippen LogP contribution in [-0.2, 0) is 13.9 Å². The first-order valence-corrected chi connectivity index (χ1v) is 15.4. The Labute approximate surface area is 226 Å². The number of halogens is 1. The van der Waals surface area contributed by atoms with Gasteiger partial charge in [0.25, 0.3) is 8.32 Å². The minimum absolute atomic E-state index is 0.160. The summed E-state index contributed by atoms with van der Waals surface area (Å²) >= 11 is 6.12. The van der Waals surface area contributed by atoms with Gasteiger partial charge in [0.15, 0.2) is 5.79 Å². The van der Waals surface area contributed by atoms with Gasteiger partial charge in [-0.15, -0.1) is 0 Å². The second-order valence-electron chi connectivity index (χ2n) is 11.8. The van der Waals surface area contributed by atoms with Gasteiger partial charge in [-0.3, -0.25) is 0 Å². The third-order valence-corrected chi connectivity index (χ3v) is 13.1. The summed E-state index contributed by atoms with van der Waals surface area (Å²) in [6.45, 7) is 10.7. The summed E-state index contributed by atoms with van der Waals surface area (Å²) in [6.07, 6.45) is -0.854. The Hall–Kier alpha value is -1.99. The maximum Gasteiger partial charge on any atom is 0.261 e. The highest BCUT2D eigenvalue weighted by atomic mass is 35.5. The van der Waals surface area contributed by atoms with Crippen LogP contribution in [-0.4, -0.2) is 37.5 Å². The van der Waals surface area contributed by atoms with Crippen molar-refractivity contribution in [2.45, 2.75) is 76.3 Å². The lowest BCUT2D eigenvalue weighted by Gasteiger charge is -2.45. The van der Waals surface area contributed by atoms with Gasteiger partial charge in [-0.05, 0) is 53.4 Å². The van der Waals surface area contributed by atoms with Gasteiger partial charge in [-0.1, -0.05) is 105 Å². The number of aliphatic hydroxyl groups excluding tert-OH is 1. The molecule has 1 aliphatic carbocycles. The molecule has 3 aromatic carbocycles. The maximum absolute atomic E-state index is 11.5. The molecule has 0 radical (unpaired) electrons. The third kappa shape index (κ3) is 4.94. The summed E-state index contributed by atoms with van der Waals surface area (Å²) in [6, 6.07) is 28.7. The number of hydrogen-bond acceptors (Lipinski definition) is 4. The van der Waals surface area contributed by atoms with Crippen LogP contribution >= 0.6 is 11.6 Å². The summed E-state index contributed by atoms with van der Waals surface area (Å²) in [7, 11) is -2.81. The lowest BCUT2D eigenvalue weighted by atomic mass is 9.92. The van der Waals surface area contributed by atoms with Crippen LogP contribution in [0.15, 0.2) is 84.9 Å². The second-order valence-corrected chi connectivity index (χ2v) is 16.5. The largest absolute Gasteiger partial charge is 0.402 e. The number of fused-ring (bicyclic) bond motifs is 1. The predicted molar refractivity (Wildman–Crippen MR) is 151 cm³/mol. The highest BCUT2D eigenvalue weighted by molar-refractivity contribution is 6.99. The molecular formula is C31H37ClO4Si. The van der Waals surface area contributed by atoms with Gasteiger partial charge in [0.2, 0.25) is 0 Å². The van der Waals surface area contributed by atoms with E-state index in [0.717, 1.165) is 5.56 Å². The minimum Gasteiger partial charge on any atom is -0.402 e. The van der Waals surface area contributed by atoms with Gasteiger partial charge in [-0.2, -0.15) is 0 Å². The summed E-state index contributed by atoms with van der Waals surface area (Å²) in [5.74, 6) is -0.919. The molecule has 5 atom stereocenters. The molecule has 37 heavy (non-hydrogen) atoms. The molecule has 1 saturated carbocycles. The maximum atomic E-state index is 11.5. The first kappa shape index (κ1) is 26.6. The number of ether oxygens (including phenoxy) is 2. The average molecular weight is 537 g/mol. The summed E-state index contributed by atoms with van der Waals surface area (Å²) < 4.78 is 20.4. The Morgan fingerprint density at radius 2 is 1.38 bits per heavy atom. The predicted octanol–water partition coefficient (Wildman–Crippen LogP) is 5.86. The van der Waals surface area contributed by atoms with Crippen LogP contribution in [0.3, 0.4) is 0 Å². The van der Waals surface area contributed by atoms with E-state index in [0.29, 0.717) is 11.4 Å². The van der Waals surface area contributed by atoms with Crippen LogP contribution in [0.5, 0.6) is 0 Å². The van der Waals surface area contributed by atoms with Crippen LogP contribution < -0.4 is 10.4 Å². The molecule has 0 bridgehead atoms. The Kier molecular flexibility index (Phi) is 7.16.